The zero-order chi connectivity index (χ0) is 5.54. The van der Waals surface area contributed by atoms with Crippen LogP contribution in [0.2, 0.25) is 0 Å². The van der Waals surface area contributed by atoms with E-state index < -0.39 is 0 Å². The minimum atomic E-state index is 0.383. The second-order valence-corrected chi connectivity index (χ2v) is 2.17. The Hall–Kier alpha value is 0.314. The fourth-order valence-electron chi connectivity index (χ4n) is 0.201. The van der Waals surface area contributed by atoms with E-state index in [2.05, 4.69) is 0 Å². The van der Waals surface area contributed by atoms with Crippen molar-refractivity contribution in [1.82, 2.24) is 0 Å². The SMILES string of the molecule is [SiH3]OCOCO[SiH3]. The predicted molar refractivity (Wildman–Crippen MR) is 32.9 cm³/mol. The highest BCUT2D eigenvalue weighted by molar-refractivity contribution is 5.98. The van der Waals surface area contributed by atoms with Crippen LogP contribution in [0.4, 0.5) is 0 Å². The summed E-state index contributed by atoms with van der Waals surface area (Å²) in [5.74, 6) is 0. The largest absolute Gasteiger partial charge is 0.406 e. The molecule has 0 aromatic heterocycles. The molecule has 0 aromatic rings. The molecule has 0 saturated heterocycles. The third kappa shape index (κ3) is 6.31. The summed E-state index contributed by atoms with van der Waals surface area (Å²) in [4.78, 5) is 0. The van der Waals surface area contributed by atoms with Crippen molar-refractivity contribution in [1.29, 1.82) is 0 Å². The minimum Gasteiger partial charge on any atom is -0.406 e. The summed E-state index contributed by atoms with van der Waals surface area (Å²) in [6.07, 6.45) is 0. The van der Waals surface area contributed by atoms with E-state index in [9.17, 15) is 0 Å². The summed E-state index contributed by atoms with van der Waals surface area (Å²) >= 11 is 0. The third-order valence-electron chi connectivity index (χ3n) is 0.402. The van der Waals surface area contributed by atoms with E-state index in [0.29, 0.717) is 13.6 Å². The van der Waals surface area contributed by atoms with Crippen LogP contribution in [0.1, 0.15) is 0 Å². The van der Waals surface area contributed by atoms with Crippen molar-refractivity contribution in [3.05, 3.63) is 0 Å². The molecule has 0 aliphatic heterocycles. The molecule has 0 aliphatic rings. The maximum atomic E-state index is 4.76. The van der Waals surface area contributed by atoms with Crippen molar-refractivity contribution in [2.24, 2.45) is 0 Å². The Morgan fingerprint density at radius 2 is 1.43 bits per heavy atom. The van der Waals surface area contributed by atoms with Gasteiger partial charge in [0.2, 0.25) is 0 Å². The van der Waals surface area contributed by atoms with Gasteiger partial charge in [-0.15, -0.1) is 0 Å². The molecule has 0 atom stereocenters. The van der Waals surface area contributed by atoms with Crippen molar-refractivity contribution in [3.8, 4) is 0 Å². The highest BCUT2D eigenvalue weighted by Crippen LogP contribution is 1.71. The van der Waals surface area contributed by atoms with Gasteiger partial charge in [0.05, 0.1) is 0 Å². The molecule has 0 aromatic carbocycles. The number of ether oxygens (including phenoxy) is 1. The predicted octanol–water partition coefficient (Wildman–Crippen LogP) is -2.49. The van der Waals surface area contributed by atoms with Crippen molar-refractivity contribution in [2.75, 3.05) is 13.6 Å². The van der Waals surface area contributed by atoms with Gasteiger partial charge in [0.15, 0.2) is 0 Å². The lowest BCUT2D eigenvalue weighted by atomic mass is 11.4. The Bertz CT molecular complexity index is 30.1. The molecular weight excluding hydrogens is 128 g/mol. The molecule has 3 nitrogen and oxygen atoms in total. The van der Waals surface area contributed by atoms with Crippen LogP contribution in [0.5, 0.6) is 0 Å². The maximum absolute atomic E-state index is 4.76. The van der Waals surface area contributed by atoms with E-state index in [1.54, 1.807) is 0 Å². The van der Waals surface area contributed by atoms with Gasteiger partial charge >= 0.3 is 0 Å². The van der Waals surface area contributed by atoms with E-state index in [-0.39, 0.29) is 0 Å². The Kier molecular flexibility index (Phi) is 6.60. The topological polar surface area (TPSA) is 27.7 Å². The fourth-order valence-corrected chi connectivity index (χ4v) is 0.534. The summed E-state index contributed by atoms with van der Waals surface area (Å²) < 4.78 is 14.1. The zero-order valence-electron chi connectivity index (χ0n) is 4.64. The normalized spacial score (nSPS) is 10.3. The molecule has 0 aliphatic carbocycles. The first kappa shape index (κ1) is 7.31. The molecule has 0 spiro atoms. The molecule has 5 heteroatoms. The van der Waals surface area contributed by atoms with Crippen LogP contribution >= 0.6 is 0 Å². The molecule has 0 rings (SSSR count). The van der Waals surface area contributed by atoms with E-state index >= 15 is 0 Å². The molecule has 0 radical (unpaired) electrons. The van der Waals surface area contributed by atoms with Gasteiger partial charge < -0.3 is 13.6 Å². The van der Waals surface area contributed by atoms with Gasteiger partial charge in [-0.2, -0.15) is 0 Å². The lowest BCUT2D eigenvalue weighted by Crippen LogP contribution is -2.00. The van der Waals surface area contributed by atoms with E-state index in [1.165, 1.54) is 0 Å². The second-order valence-electron chi connectivity index (χ2n) is 1.02. The molecule has 0 N–H and O–H groups in total. The van der Waals surface area contributed by atoms with E-state index in [4.69, 9.17) is 13.6 Å². The van der Waals surface area contributed by atoms with Gasteiger partial charge in [-0.1, -0.05) is 0 Å². The summed E-state index contributed by atoms with van der Waals surface area (Å²) in [7, 11) is 1.47. The first-order valence-electron chi connectivity index (χ1n) is 1.97. The quantitative estimate of drug-likeness (QED) is 0.244. The van der Waals surface area contributed by atoms with Crippen LogP contribution in [0, 0.1) is 0 Å². The third-order valence-corrected chi connectivity index (χ3v) is 0.874. The lowest BCUT2D eigenvalue weighted by molar-refractivity contribution is -0.0485. The fraction of sp³-hybridized carbons (Fsp3) is 1.00. The highest BCUT2D eigenvalue weighted by atomic mass is 28.2. The highest BCUT2D eigenvalue weighted by Gasteiger charge is 1.75. The molecule has 7 heavy (non-hydrogen) atoms. The van der Waals surface area contributed by atoms with Crippen LogP contribution in [0.25, 0.3) is 0 Å². The van der Waals surface area contributed by atoms with Gasteiger partial charge in [-0.05, 0) is 0 Å². The molecule has 44 valence electrons. The lowest BCUT2D eigenvalue weighted by Gasteiger charge is -1.98. The summed E-state index contributed by atoms with van der Waals surface area (Å²) in [5.41, 5.74) is 0. The first-order chi connectivity index (χ1) is 3.41. The molecule has 0 bridgehead atoms. The van der Waals surface area contributed by atoms with Crippen molar-refractivity contribution >= 4 is 21.0 Å². The van der Waals surface area contributed by atoms with Crippen LogP contribution in [0.3, 0.4) is 0 Å². The van der Waals surface area contributed by atoms with Crippen LogP contribution in [-0.4, -0.2) is 34.6 Å². The molecule has 0 fully saturated rings. The Morgan fingerprint density at radius 1 is 1.00 bits per heavy atom. The number of hydrogen-bond acceptors (Lipinski definition) is 3. The first-order valence-corrected chi connectivity index (χ1v) is 3.60. The average Bonchev–Trinajstić information content (AvgIpc) is 1.69. The minimum absolute atomic E-state index is 0.383. The molecule has 0 saturated carbocycles. The van der Waals surface area contributed by atoms with Gasteiger partial charge in [0.25, 0.3) is 0 Å². The maximum Gasteiger partial charge on any atom is 0.149 e. The summed E-state index contributed by atoms with van der Waals surface area (Å²) in [6.45, 7) is 0.767. The zero-order valence-corrected chi connectivity index (χ0v) is 8.64. The Morgan fingerprint density at radius 3 is 1.71 bits per heavy atom. The monoisotopic (exact) mass is 138 g/mol. The smallest absolute Gasteiger partial charge is 0.149 e. The van der Waals surface area contributed by atoms with Crippen LogP contribution in [-0.2, 0) is 13.6 Å². The summed E-state index contributed by atoms with van der Waals surface area (Å²) in [6, 6.07) is 0. The van der Waals surface area contributed by atoms with E-state index in [1.807, 2.05) is 0 Å². The molecular formula is C2H10O3Si2. The van der Waals surface area contributed by atoms with Gasteiger partial charge in [-0.25, -0.2) is 0 Å². The van der Waals surface area contributed by atoms with Gasteiger partial charge in [0, 0.05) is 0 Å². The molecule has 0 unspecified atom stereocenters. The number of rotatable bonds is 4. The van der Waals surface area contributed by atoms with Crippen molar-refractivity contribution < 1.29 is 13.6 Å². The van der Waals surface area contributed by atoms with Gasteiger partial charge in [-0.3, -0.25) is 0 Å². The van der Waals surface area contributed by atoms with Gasteiger partial charge in [0.1, 0.15) is 34.6 Å². The number of hydrogen-bond donors (Lipinski definition) is 0. The Balaban J connectivity index is 2.45. The summed E-state index contributed by atoms with van der Waals surface area (Å²) in [5, 5.41) is 0. The van der Waals surface area contributed by atoms with Crippen LogP contribution < -0.4 is 0 Å². The standard InChI is InChI=1S/C2H10O3Si2/c6-4-1-3-2-5-7/h1-2H2,6-7H3. The average molecular weight is 138 g/mol. The molecule has 0 heterocycles. The van der Waals surface area contributed by atoms with Crippen LogP contribution in [0.15, 0.2) is 0 Å². The van der Waals surface area contributed by atoms with Crippen molar-refractivity contribution in [2.45, 2.75) is 0 Å². The van der Waals surface area contributed by atoms with Crippen molar-refractivity contribution in [3.63, 3.8) is 0 Å². The molecule has 0 amide bonds. The Labute approximate surface area is 49.0 Å². The van der Waals surface area contributed by atoms with E-state index in [0.717, 1.165) is 21.0 Å². The second kappa shape index (κ2) is 6.31.